The van der Waals surface area contributed by atoms with Crippen molar-refractivity contribution in [3.05, 3.63) is 42.6 Å². The summed E-state index contributed by atoms with van der Waals surface area (Å²) in [5.41, 5.74) is 8.68. The molecule has 0 amide bonds. The zero-order valence-corrected chi connectivity index (χ0v) is 11.2. The molecule has 4 nitrogen and oxygen atoms in total. The van der Waals surface area contributed by atoms with Gasteiger partial charge in [0.15, 0.2) is 0 Å². The van der Waals surface area contributed by atoms with Gasteiger partial charge in [0.2, 0.25) is 0 Å². The lowest BCUT2D eigenvalue weighted by molar-refractivity contribution is 0.501. The van der Waals surface area contributed by atoms with Gasteiger partial charge in [-0.05, 0) is 37.1 Å². The monoisotopic (exact) mass is 272 g/mol. The van der Waals surface area contributed by atoms with Crippen LogP contribution in [0.15, 0.2) is 36.8 Å². The van der Waals surface area contributed by atoms with Crippen LogP contribution in [0, 0.1) is 5.82 Å². The summed E-state index contributed by atoms with van der Waals surface area (Å²) in [6.07, 6.45) is 5.29. The Balaban J connectivity index is 1.94. The van der Waals surface area contributed by atoms with Crippen molar-refractivity contribution < 1.29 is 4.39 Å². The summed E-state index contributed by atoms with van der Waals surface area (Å²) in [4.78, 5) is 10.7. The molecule has 104 valence electrons. The maximum Gasteiger partial charge on any atom is 0.123 e. The number of anilines is 1. The Kier molecular flexibility index (Phi) is 3.60. The van der Waals surface area contributed by atoms with Crippen LogP contribution in [0.2, 0.25) is 0 Å². The Hall–Kier alpha value is -2.01. The lowest BCUT2D eigenvalue weighted by atomic mass is 10.0. The van der Waals surface area contributed by atoms with Gasteiger partial charge >= 0.3 is 0 Å². The van der Waals surface area contributed by atoms with Crippen LogP contribution in [0.1, 0.15) is 12.8 Å². The molecule has 1 fully saturated rings. The highest BCUT2D eigenvalue weighted by molar-refractivity contribution is 5.74. The first-order chi connectivity index (χ1) is 9.74. The van der Waals surface area contributed by atoms with Crippen molar-refractivity contribution in [3.63, 3.8) is 0 Å². The Bertz CT molecular complexity index is 577. The Morgan fingerprint density at radius 3 is 2.55 bits per heavy atom. The third kappa shape index (κ3) is 2.63. The number of hydrogen-bond acceptors (Lipinski definition) is 4. The lowest BCUT2D eigenvalue weighted by Crippen LogP contribution is -2.40. The van der Waals surface area contributed by atoms with Crippen LogP contribution < -0.4 is 10.6 Å². The van der Waals surface area contributed by atoms with Crippen LogP contribution in [-0.2, 0) is 0 Å². The Morgan fingerprint density at radius 2 is 1.85 bits per heavy atom. The summed E-state index contributed by atoms with van der Waals surface area (Å²) in [5, 5.41) is 0. The largest absolute Gasteiger partial charge is 0.368 e. The highest BCUT2D eigenvalue weighted by Crippen LogP contribution is 2.29. The minimum Gasteiger partial charge on any atom is -0.368 e. The third-order valence-electron chi connectivity index (χ3n) is 3.69. The zero-order valence-electron chi connectivity index (χ0n) is 11.2. The van der Waals surface area contributed by atoms with E-state index in [1.807, 2.05) is 6.20 Å². The van der Waals surface area contributed by atoms with E-state index in [1.165, 1.54) is 18.5 Å². The van der Waals surface area contributed by atoms with Gasteiger partial charge in [0.05, 0.1) is 17.6 Å². The highest BCUT2D eigenvalue weighted by Gasteiger charge is 2.20. The maximum absolute atomic E-state index is 13.0. The second-order valence-electron chi connectivity index (χ2n) is 5.09. The van der Waals surface area contributed by atoms with Gasteiger partial charge in [0.25, 0.3) is 0 Å². The van der Waals surface area contributed by atoms with Crippen LogP contribution >= 0.6 is 0 Å². The maximum atomic E-state index is 13.0. The van der Waals surface area contributed by atoms with E-state index in [0.717, 1.165) is 42.9 Å². The molecule has 0 radical (unpaired) electrons. The molecule has 3 rings (SSSR count). The van der Waals surface area contributed by atoms with Crippen molar-refractivity contribution >= 4 is 5.69 Å². The van der Waals surface area contributed by atoms with Gasteiger partial charge in [-0.15, -0.1) is 0 Å². The van der Waals surface area contributed by atoms with E-state index in [4.69, 9.17) is 5.73 Å². The van der Waals surface area contributed by atoms with Gasteiger partial charge in [-0.1, -0.05) is 0 Å². The van der Waals surface area contributed by atoms with Crippen LogP contribution in [0.4, 0.5) is 10.1 Å². The number of rotatable bonds is 2. The summed E-state index contributed by atoms with van der Waals surface area (Å²) in [6, 6.07) is 6.68. The molecular weight excluding hydrogens is 255 g/mol. The van der Waals surface area contributed by atoms with Gasteiger partial charge in [-0.2, -0.15) is 0 Å². The van der Waals surface area contributed by atoms with Gasteiger partial charge in [-0.3, -0.25) is 0 Å². The van der Waals surface area contributed by atoms with Gasteiger partial charge in [0, 0.05) is 24.7 Å². The molecule has 0 aliphatic carbocycles. The Morgan fingerprint density at radius 1 is 1.15 bits per heavy atom. The van der Waals surface area contributed by atoms with E-state index in [0.29, 0.717) is 0 Å². The smallest absolute Gasteiger partial charge is 0.123 e. The van der Waals surface area contributed by atoms with E-state index < -0.39 is 0 Å². The van der Waals surface area contributed by atoms with Crippen molar-refractivity contribution in [2.24, 2.45) is 5.73 Å². The van der Waals surface area contributed by atoms with Gasteiger partial charge in [-0.25, -0.2) is 14.4 Å². The number of nitrogens with zero attached hydrogens (tertiary/aromatic N) is 3. The minimum absolute atomic E-state index is 0.242. The fourth-order valence-corrected chi connectivity index (χ4v) is 2.52. The molecule has 1 saturated heterocycles. The van der Waals surface area contributed by atoms with Crippen molar-refractivity contribution in [2.75, 3.05) is 18.0 Å². The molecule has 0 unspecified atom stereocenters. The Labute approximate surface area is 117 Å². The van der Waals surface area contributed by atoms with Crippen molar-refractivity contribution in [3.8, 4) is 11.3 Å². The normalized spacial score (nSPS) is 16.4. The van der Waals surface area contributed by atoms with Crippen LogP contribution in [0.3, 0.4) is 0 Å². The molecule has 5 heteroatoms. The molecule has 1 aliphatic rings. The molecule has 20 heavy (non-hydrogen) atoms. The zero-order chi connectivity index (χ0) is 13.9. The molecule has 0 saturated carbocycles. The molecule has 0 spiro atoms. The fourth-order valence-electron chi connectivity index (χ4n) is 2.52. The van der Waals surface area contributed by atoms with Crippen LogP contribution in [0.5, 0.6) is 0 Å². The van der Waals surface area contributed by atoms with Crippen LogP contribution in [0.25, 0.3) is 11.3 Å². The number of halogens is 1. The first-order valence-electron chi connectivity index (χ1n) is 6.80. The fraction of sp³-hybridized carbons (Fsp3) is 0.333. The summed E-state index contributed by atoms with van der Waals surface area (Å²) >= 11 is 0. The number of hydrogen-bond donors (Lipinski definition) is 1. The summed E-state index contributed by atoms with van der Waals surface area (Å²) in [5.74, 6) is -0.242. The first kappa shape index (κ1) is 13.0. The van der Waals surface area contributed by atoms with Crippen LogP contribution in [-0.4, -0.2) is 29.1 Å². The molecule has 2 heterocycles. The van der Waals surface area contributed by atoms with E-state index in [-0.39, 0.29) is 11.9 Å². The van der Waals surface area contributed by atoms with E-state index in [1.54, 1.807) is 12.1 Å². The molecule has 1 aliphatic heterocycles. The number of benzene rings is 1. The molecule has 1 aromatic carbocycles. The number of aromatic nitrogens is 2. The SMILES string of the molecule is NC1CCN(c2cncnc2-c2ccc(F)cc2)CC1. The average molecular weight is 272 g/mol. The summed E-state index contributed by atoms with van der Waals surface area (Å²) < 4.78 is 13.0. The van der Waals surface area contributed by atoms with Crippen molar-refractivity contribution in [1.29, 1.82) is 0 Å². The lowest BCUT2D eigenvalue weighted by Gasteiger charge is -2.32. The van der Waals surface area contributed by atoms with Crippen molar-refractivity contribution in [1.82, 2.24) is 9.97 Å². The predicted molar refractivity (Wildman–Crippen MR) is 76.8 cm³/mol. The summed E-state index contributed by atoms with van der Waals surface area (Å²) in [6.45, 7) is 1.81. The van der Waals surface area contributed by atoms with E-state index >= 15 is 0 Å². The summed E-state index contributed by atoms with van der Waals surface area (Å²) in [7, 11) is 0. The van der Waals surface area contributed by atoms with Gasteiger partial charge < -0.3 is 10.6 Å². The van der Waals surface area contributed by atoms with E-state index in [9.17, 15) is 4.39 Å². The molecule has 2 aromatic rings. The molecule has 0 bridgehead atoms. The molecule has 0 atom stereocenters. The second kappa shape index (κ2) is 5.54. The van der Waals surface area contributed by atoms with E-state index in [2.05, 4.69) is 14.9 Å². The topological polar surface area (TPSA) is 55.0 Å². The molecule has 1 aromatic heterocycles. The highest BCUT2D eigenvalue weighted by atomic mass is 19.1. The predicted octanol–water partition coefficient (Wildman–Crippen LogP) is 2.21. The average Bonchev–Trinajstić information content (AvgIpc) is 2.49. The first-order valence-corrected chi connectivity index (χ1v) is 6.80. The number of nitrogens with two attached hydrogens (primary N) is 1. The minimum atomic E-state index is -0.242. The van der Waals surface area contributed by atoms with Crippen molar-refractivity contribution in [2.45, 2.75) is 18.9 Å². The standard InChI is InChI=1S/C15H17FN4/c16-12-3-1-11(2-4-12)15-14(9-18-10-19-15)20-7-5-13(17)6-8-20/h1-4,9-10,13H,5-8,17H2. The number of piperidine rings is 1. The molecule has 2 N–H and O–H groups in total. The second-order valence-corrected chi connectivity index (χ2v) is 5.09. The third-order valence-corrected chi connectivity index (χ3v) is 3.69. The van der Waals surface area contributed by atoms with Gasteiger partial charge in [0.1, 0.15) is 12.1 Å². The quantitative estimate of drug-likeness (QED) is 0.910. The molecular formula is C15H17FN4.